The van der Waals surface area contributed by atoms with Gasteiger partial charge in [0.1, 0.15) is 11.5 Å². The average molecular weight is 587 g/mol. The number of carbonyl (C=O) groups is 1. The van der Waals surface area contributed by atoms with E-state index in [0.29, 0.717) is 11.3 Å². The molecule has 0 aromatic heterocycles. The van der Waals surface area contributed by atoms with Crippen LogP contribution < -0.4 is 9.47 Å². The lowest BCUT2D eigenvalue weighted by Crippen LogP contribution is -2.14. The maximum Gasteiger partial charge on any atom is 0.343 e. The summed E-state index contributed by atoms with van der Waals surface area (Å²) in [7, 11) is 1.75. The number of methoxy groups -OCH3 is 1. The van der Waals surface area contributed by atoms with Crippen molar-refractivity contribution < 1.29 is 14.3 Å². The molecule has 44 heavy (non-hydrogen) atoms. The topological polar surface area (TPSA) is 35.5 Å². The van der Waals surface area contributed by atoms with E-state index in [2.05, 4.69) is 55.5 Å². The highest BCUT2D eigenvalue weighted by Crippen LogP contribution is 2.47. The number of allylic oxidation sites excluding steroid dienone is 6. The predicted octanol–water partition coefficient (Wildman–Crippen LogP) is 10.4. The van der Waals surface area contributed by atoms with Gasteiger partial charge in [0.05, 0.1) is 12.7 Å². The molecule has 0 aliphatic heterocycles. The minimum Gasteiger partial charge on any atom is -0.496 e. The smallest absolute Gasteiger partial charge is 0.343 e. The molecule has 3 aliphatic rings. The molecule has 1 atom stereocenters. The zero-order chi connectivity index (χ0) is 30.3. The fraction of sp³-hybridized carbons (Fsp3) is 0.390. The Bertz CT molecular complexity index is 1570. The lowest BCUT2D eigenvalue weighted by Gasteiger charge is -2.27. The Morgan fingerprint density at radius 2 is 1.36 bits per heavy atom. The van der Waals surface area contributed by atoms with Crippen LogP contribution in [0.2, 0.25) is 0 Å². The molecule has 0 heterocycles. The van der Waals surface area contributed by atoms with Crippen molar-refractivity contribution in [3.8, 4) is 22.6 Å². The van der Waals surface area contributed by atoms with Crippen molar-refractivity contribution in [2.24, 2.45) is 5.92 Å². The molecule has 0 radical (unpaired) electrons. The number of rotatable bonds is 5. The van der Waals surface area contributed by atoms with E-state index in [9.17, 15) is 4.79 Å². The van der Waals surface area contributed by atoms with Crippen molar-refractivity contribution in [1.82, 2.24) is 0 Å². The fourth-order valence-corrected chi connectivity index (χ4v) is 7.21. The Morgan fingerprint density at radius 1 is 0.705 bits per heavy atom. The van der Waals surface area contributed by atoms with Crippen LogP contribution in [0.15, 0.2) is 78.9 Å². The summed E-state index contributed by atoms with van der Waals surface area (Å²) in [5, 5.41) is 0. The van der Waals surface area contributed by atoms with E-state index >= 15 is 0 Å². The summed E-state index contributed by atoms with van der Waals surface area (Å²) < 4.78 is 12.3. The largest absolute Gasteiger partial charge is 0.496 e. The first kappa shape index (κ1) is 30.2. The van der Waals surface area contributed by atoms with Crippen molar-refractivity contribution in [3.63, 3.8) is 0 Å². The molecule has 0 amide bonds. The minimum absolute atomic E-state index is 0.325. The number of aryl methyl sites for hydroxylation is 2. The zero-order valence-corrected chi connectivity index (χ0v) is 26.5. The standard InChI is InChI=1S/C41H46O3/c1-29-13-5-3-4-6-15-30(16-8-7-14-29)31-21-23-34(24-22-31)41(42)44-38-28-26-33-18-10-12-20-36(33)40(38)39-35-19-11-9-17-32(35)25-27-37(39)43-2/h4,6,8,15-16,21-29H,3,5,7,9-14,17-20H2,1-2H3/b6-4+,16-8-,30-15+. The second-order valence-electron chi connectivity index (χ2n) is 12.8. The van der Waals surface area contributed by atoms with Crippen LogP contribution in [-0.4, -0.2) is 13.1 Å². The molecular formula is C41H46O3. The van der Waals surface area contributed by atoms with E-state index in [0.717, 1.165) is 78.9 Å². The van der Waals surface area contributed by atoms with E-state index in [1.54, 1.807) is 7.11 Å². The van der Waals surface area contributed by atoms with Gasteiger partial charge in [-0.15, -0.1) is 0 Å². The van der Waals surface area contributed by atoms with Gasteiger partial charge in [-0.25, -0.2) is 4.79 Å². The number of hydrogen-bond acceptors (Lipinski definition) is 3. The van der Waals surface area contributed by atoms with Gasteiger partial charge in [-0.2, -0.15) is 0 Å². The van der Waals surface area contributed by atoms with Crippen LogP contribution in [0.4, 0.5) is 0 Å². The van der Waals surface area contributed by atoms with Gasteiger partial charge in [-0.3, -0.25) is 0 Å². The Balaban J connectivity index is 1.31. The minimum atomic E-state index is -0.325. The van der Waals surface area contributed by atoms with Crippen molar-refractivity contribution in [2.45, 2.75) is 90.4 Å². The second-order valence-corrected chi connectivity index (χ2v) is 12.8. The number of benzene rings is 3. The van der Waals surface area contributed by atoms with Gasteiger partial charge in [0.2, 0.25) is 0 Å². The first-order valence-corrected chi connectivity index (χ1v) is 16.8. The molecule has 3 aromatic carbocycles. The summed E-state index contributed by atoms with van der Waals surface area (Å²) in [6.07, 6.45) is 26.0. The van der Waals surface area contributed by atoms with Gasteiger partial charge < -0.3 is 9.47 Å². The van der Waals surface area contributed by atoms with Gasteiger partial charge in [0, 0.05) is 11.1 Å². The van der Waals surface area contributed by atoms with Crippen LogP contribution in [0, 0.1) is 5.92 Å². The summed E-state index contributed by atoms with van der Waals surface area (Å²) in [4.78, 5) is 13.7. The van der Waals surface area contributed by atoms with Crippen LogP contribution in [0.25, 0.3) is 16.7 Å². The van der Waals surface area contributed by atoms with E-state index < -0.39 is 0 Å². The third-order valence-corrected chi connectivity index (χ3v) is 9.72. The van der Waals surface area contributed by atoms with E-state index in [1.165, 1.54) is 60.8 Å². The van der Waals surface area contributed by atoms with Crippen molar-refractivity contribution in [2.75, 3.05) is 7.11 Å². The van der Waals surface area contributed by atoms with Crippen molar-refractivity contribution in [3.05, 3.63) is 112 Å². The Hall–Kier alpha value is -3.85. The normalized spacial score (nSPS) is 21.3. The summed E-state index contributed by atoms with van der Waals surface area (Å²) in [5.41, 5.74) is 10.4. The SMILES string of the molecule is COc1ccc2c(c1-c1c(OC(=O)c3ccc(C4=C/C=C/CCCC(C)CC/C=C\4)cc3)ccc3c1CCCC3)CCCC2. The van der Waals surface area contributed by atoms with E-state index in [4.69, 9.17) is 9.47 Å². The summed E-state index contributed by atoms with van der Waals surface area (Å²) in [5.74, 6) is 1.94. The summed E-state index contributed by atoms with van der Waals surface area (Å²) >= 11 is 0. The van der Waals surface area contributed by atoms with Crippen LogP contribution in [0.1, 0.15) is 103 Å². The first-order valence-electron chi connectivity index (χ1n) is 16.8. The fourth-order valence-electron chi connectivity index (χ4n) is 7.21. The maximum atomic E-state index is 13.7. The van der Waals surface area contributed by atoms with Gasteiger partial charge >= 0.3 is 5.97 Å². The molecule has 6 rings (SSSR count). The third-order valence-electron chi connectivity index (χ3n) is 9.72. The summed E-state index contributed by atoms with van der Waals surface area (Å²) in [6, 6.07) is 16.4. The molecule has 3 heteroatoms. The summed E-state index contributed by atoms with van der Waals surface area (Å²) in [6.45, 7) is 2.36. The van der Waals surface area contributed by atoms with Gasteiger partial charge in [0.25, 0.3) is 0 Å². The van der Waals surface area contributed by atoms with E-state index in [-0.39, 0.29) is 5.97 Å². The molecular weight excluding hydrogens is 540 g/mol. The van der Waals surface area contributed by atoms with Gasteiger partial charge in [-0.05, 0) is 141 Å². The highest BCUT2D eigenvalue weighted by molar-refractivity contribution is 5.94. The lowest BCUT2D eigenvalue weighted by atomic mass is 9.80. The quantitative estimate of drug-likeness (QED) is 0.220. The third kappa shape index (κ3) is 6.78. The maximum absolute atomic E-state index is 13.7. The zero-order valence-electron chi connectivity index (χ0n) is 26.5. The lowest BCUT2D eigenvalue weighted by molar-refractivity contribution is 0.0735. The Labute approximate surface area is 263 Å². The number of esters is 1. The number of carbonyl (C=O) groups excluding carboxylic acids is 1. The molecule has 0 fully saturated rings. The Morgan fingerprint density at radius 3 is 2.07 bits per heavy atom. The molecule has 228 valence electrons. The molecule has 0 spiro atoms. The average Bonchev–Trinajstić information content (AvgIpc) is 3.06. The highest BCUT2D eigenvalue weighted by Gasteiger charge is 2.27. The highest BCUT2D eigenvalue weighted by atomic mass is 16.5. The molecule has 0 saturated heterocycles. The molecule has 0 bridgehead atoms. The van der Waals surface area contributed by atoms with Crippen LogP contribution in [0.5, 0.6) is 11.5 Å². The number of ether oxygens (including phenoxy) is 2. The Kier molecular flexibility index (Phi) is 9.80. The monoisotopic (exact) mass is 586 g/mol. The van der Waals surface area contributed by atoms with Gasteiger partial charge in [-0.1, -0.05) is 68.0 Å². The van der Waals surface area contributed by atoms with Crippen molar-refractivity contribution in [1.29, 1.82) is 0 Å². The van der Waals surface area contributed by atoms with Gasteiger partial charge in [0.15, 0.2) is 0 Å². The van der Waals surface area contributed by atoms with Crippen LogP contribution in [0.3, 0.4) is 0 Å². The number of fused-ring (bicyclic) bond motifs is 2. The number of hydrogen-bond donors (Lipinski definition) is 0. The van der Waals surface area contributed by atoms with Crippen LogP contribution in [-0.2, 0) is 25.7 Å². The first-order chi connectivity index (χ1) is 21.6. The molecule has 3 aromatic rings. The molecule has 0 N–H and O–H groups in total. The molecule has 1 unspecified atom stereocenters. The van der Waals surface area contributed by atoms with E-state index in [1.807, 2.05) is 30.3 Å². The second kappa shape index (κ2) is 14.3. The molecule has 3 aliphatic carbocycles. The van der Waals surface area contributed by atoms with Crippen LogP contribution >= 0.6 is 0 Å². The molecule has 3 nitrogen and oxygen atoms in total. The molecule has 0 saturated carbocycles. The predicted molar refractivity (Wildman–Crippen MR) is 182 cm³/mol. The van der Waals surface area contributed by atoms with Crippen molar-refractivity contribution >= 4 is 11.5 Å².